The van der Waals surface area contributed by atoms with E-state index in [2.05, 4.69) is 47.3 Å². The van der Waals surface area contributed by atoms with Crippen LogP contribution in [0.25, 0.3) is 0 Å². The van der Waals surface area contributed by atoms with Crippen molar-refractivity contribution in [3.8, 4) is 0 Å². The van der Waals surface area contributed by atoms with E-state index < -0.39 is 11.9 Å². The molecule has 1 unspecified atom stereocenters. The van der Waals surface area contributed by atoms with Gasteiger partial charge in [0.15, 0.2) is 0 Å². The van der Waals surface area contributed by atoms with E-state index in [1.807, 2.05) is 12.3 Å². The summed E-state index contributed by atoms with van der Waals surface area (Å²) >= 11 is 0. The predicted octanol–water partition coefficient (Wildman–Crippen LogP) is 2.73. The summed E-state index contributed by atoms with van der Waals surface area (Å²) in [6.07, 6.45) is 8.83. The highest BCUT2D eigenvalue weighted by atomic mass is 16.6. The minimum Gasteiger partial charge on any atom is -0.473 e. The Bertz CT molecular complexity index is 962. The standard InChI is InChI=1S/C22H25N3O.C2H2O4/c1-25-16-9-10-17(25)14-18(13-16)26-24-22-19-6-3-2-5-15(19)8-11-21-20(22)7-4-12-23-21;3-1(4)2(5)6/h2-7,12,16-18H,8-11,13-14H2,1H3;(H,3,4)(H,5,6)/b24-22+;/t16-,17+,18?;. The van der Waals surface area contributed by atoms with Crippen molar-refractivity contribution in [3.63, 3.8) is 0 Å². The SMILES string of the molecule is CN1[C@@H]2CC[C@H]1CC(O/N=C1\c3ccccc3CCc3ncccc31)C2.O=C(O)C(=O)O. The molecular weight excluding hydrogens is 410 g/mol. The van der Waals surface area contributed by atoms with Gasteiger partial charge < -0.3 is 20.0 Å². The van der Waals surface area contributed by atoms with Gasteiger partial charge >= 0.3 is 11.9 Å². The highest BCUT2D eigenvalue weighted by molar-refractivity contribution is 6.27. The summed E-state index contributed by atoms with van der Waals surface area (Å²) in [5.74, 6) is -3.65. The number of aliphatic carboxylic acids is 2. The van der Waals surface area contributed by atoms with E-state index in [0.717, 1.165) is 42.7 Å². The highest BCUT2D eigenvalue weighted by Crippen LogP contribution is 2.35. The van der Waals surface area contributed by atoms with E-state index in [1.165, 1.54) is 24.0 Å². The van der Waals surface area contributed by atoms with Gasteiger partial charge in [0, 0.05) is 42.2 Å². The molecule has 8 nitrogen and oxygen atoms in total. The van der Waals surface area contributed by atoms with Crippen molar-refractivity contribution in [2.75, 3.05) is 7.05 Å². The second-order valence-electron chi connectivity index (χ2n) is 8.45. The molecule has 2 saturated heterocycles. The first-order valence-electron chi connectivity index (χ1n) is 10.9. The number of aromatic nitrogens is 1. The Kier molecular flexibility index (Phi) is 6.50. The fourth-order valence-electron chi connectivity index (χ4n) is 4.89. The van der Waals surface area contributed by atoms with Gasteiger partial charge in [0.2, 0.25) is 0 Å². The number of nitrogens with zero attached hydrogens (tertiary/aromatic N) is 3. The molecule has 168 valence electrons. The molecule has 2 aliphatic heterocycles. The molecule has 0 saturated carbocycles. The summed E-state index contributed by atoms with van der Waals surface area (Å²) in [6, 6.07) is 14.0. The van der Waals surface area contributed by atoms with Crippen LogP contribution < -0.4 is 0 Å². The van der Waals surface area contributed by atoms with Gasteiger partial charge in [0.25, 0.3) is 0 Å². The van der Waals surface area contributed by atoms with Crippen molar-refractivity contribution in [2.24, 2.45) is 5.16 Å². The average Bonchev–Trinajstić information content (AvgIpc) is 2.97. The van der Waals surface area contributed by atoms with Gasteiger partial charge in [-0.25, -0.2) is 9.59 Å². The summed E-state index contributed by atoms with van der Waals surface area (Å²) < 4.78 is 0. The van der Waals surface area contributed by atoms with E-state index >= 15 is 0 Å². The molecule has 2 aromatic rings. The van der Waals surface area contributed by atoms with Crippen LogP contribution in [0.15, 0.2) is 47.8 Å². The average molecular weight is 437 g/mol. The number of aryl methyl sites for hydroxylation is 2. The normalized spacial score (nSPS) is 25.0. The van der Waals surface area contributed by atoms with Crippen LogP contribution in [0.5, 0.6) is 0 Å². The lowest BCUT2D eigenvalue weighted by atomic mass is 9.99. The monoisotopic (exact) mass is 437 g/mol. The van der Waals surface area contributed by atoms with Crippen molar-refractivity contribution in [1.29, 1.82) is 0 Å². The zero-order valence-corrected chi connectivity index (χ0v) is 18.0. The molecule has 0 radical (unpaired) electrons. The molecule has 5 rings (SSSR count). The topological polar surface area (TPSA) is 112 Å². The van der Waals surface area contributed by atoms with Gasteiger partial charge in [-0.2, -0.15) is 0 Å². The van der Waals surface area contributed by atoms with E-state index in [0.29, 0.717) is 12.1 Å². The first kappa shape index (κ1) is 22.0. The number of rotatable bonds is 2. The number of carboxylic acid groups (broad SMARTS) is 2. The number of hydrogen-bond donors (Lipinski definition) is 2. The highest BCUT2D eigenvalue weighted by Gasteiger charge is 2.39. The maximum atomic E-state index is 9.10. The smallest absolute Gasteiger partial charge is 0.414 e. The summed E-state index contributed by atoms with van der Waals surface area (Å²) in [4.78, 5) is 31.5. The number of benzene rings is 1. The van der Waals surface area contributed by atoms with E-state index in [-0.39, 0.29) is 6.10 Å². The second kappa shape index (κ2) is 9.48. The third kappa shape index (κ3) is 4.65. The summed E-state index contributed by atoms with van der Waals surface area (Å²) in [5, 5.41) is 19.5. The van der Waals surface area contributed by atoms with Crippen LogP contribution in [0.1, 0.15) is 48.1 Å². The Morgan fingerprint density at radius 1 is 1.00 bits per heavy atom. The summed E-state index contributed by atoms with van der Waals surface area (Å²) in [6.45, 7) is 0. The van der Waals surface area contributed by atoms with Crippen molar-refractivity contribution in [1.82, 2.24) is 9.88 Å². The minimum atomic E-state index is -1.82. The maximum Gasteiger partial charge on any atom is 0.414 e. The number of carbonyl (C=O) groups is 2. The second-order valence-corrected chi connectivity index (χ2v) is 8.45. The van der Waals surface area contributed by atoms with Crippen molar-refractivity contribution in [3.05, 3.63) is 65.0 Å². The Balaban J connectivity index is 0.000000363. The minimum absolute atomic E-state index is 0.228. The molecular formula is C24H27N3O5. The van der Waals surface area contributed by atoms with Crippen molar-refractivity contribution < 1.29 is 24.6 Å². The van der Waals surface area contributed by atoms with Gasteiger partial charge in [0.05, 0.1) is 5.69 Å². The molecule has 2 N–H and O–H groups in total. The lowest BCUT2D eigenvalue weighted by Crippen LogP contribution is -2.42. The maximum absolute atomic E-state index is 9.10. The summed E-state index contributed by atoms with van der Waals surface area (Å²) in [5.41, 5.74) is 5.71. The molecule has 0 amide bonds. The molecule has 3 aliphatic rings. The molecule has 3 atom stereocenters. The molecule has 32 heavy (non-hydrogen) atoms. The van der Waals surface area contributed by atoms with Crippen LogP contribution in [0, 0.1) is 0 Å². The number of carboxylic acids is 2. The molecule has 2 bridgehead atoms. The molecule has 3 heterocycles. The van der Waals surface area contributed by atoms with Crippen LogP contribution in [0.4, 0.5) is 0 Å². The van der Waals surface area contributed by atoms with Crippen molar-refractivity contribution in [2.45, 2.75) is 56.7 Å². The number of pyridine rings is 1. The third-order valence-corrected chi connectivity index (χ3v) is 6.58. The first-order chi connectivity index (χ1) is 15.4. The lowest BCUT2D eigenvalue weighted by molar-refractivity contribution is -0.159. The van der Waals surface area contributed by atoms with E-state index in [1.54, 1.807) is 0 Å². The van der Waals surface area contributed by atoms with Crippen LogP contribution >= 0.6 is 0 Å². The van der Waals surface area contributed by atoms with Gasteiger partial charge in [-0.15, -0.1) is 0 Å². The van der Waals surface area contributed by atoms with Gasteiger partial charge in [-0.05, 0) is 50.4 Å². The number of oxime groups is 1. The molecule has 2 fully saturated rings. The Morgan fingerprint density at radius 3 is 2.34 bits per heavy atom. The fourth-order valence-corrected chi connectivity index (χ4v) is 4.89. The number of fused-ring (bicyclic) bond motifs is 4. The summed E-state index contributed by atoms with van der Waals surface area (Å²) in [7, 11) is 2.26. The van der Waals surface area contributed by atoms with Crippen LogP contribution in [-0.4, -0.2) is 63.0 Å². The zero-order chi connectivity index (χ0) is 22.7. The number of hydrogen-bond acceptors (Lipinski definition) is 6. The predicted molar refractivity (Wildman–Crippen MR) is 118 cm³/mol. The molecule has 8 heteroatoms. The Labute approximate surface area is 186 Å². The largest absolute Gasteiger partial charge is 0.473 e. The molecule has 1 aliphatic carbocycles. The quantitative estimate of drug-likeness (QED) is 0.549. The Hall–Kier alpha value is -3.26. The van der Waals surface area contributed by atoms with Crippen LogP contribution in [0.3, 0.4) is 0 Å². The van der Waals surface area contributed by atoms with Gasteiger partial charge in [0.1, 0.15) is 11.8 Å². The van der Waals surface area contributed by atoms with Gasteiger partial charge in [-0.1, -0.05) is 29.4 Å². The lowest BCUT2D eigenvalue weighted by Gasteiger charge is -2.34. The number of piperidine rings is 1. The first-order valence-corrected chi connectivity index (χ1v) is 10.9. The molecule has 0 spiro atoms. The fraction of sp³-hybridized carbons (Fsp3) is 0.417. The van der Waals surface area contributed by atoms with Gasteiger partial charge in [-0.3, -0.25) is 4.98 Å². The van der Waals surface area contributed by atoms with Crippen LogP contribution in [0.2, 0.25) is 0 Å². The molecule has 1 aromatic heterocycles. The molecule has 1 aromatic carbocycles. The Morgan fingerprint density at radius 2 is 1.66 bits per heavy atom. The van der Waals surface area contributed by atoms with E-state index in [9.17, 15) is 0 Å². The van der Waals surface area contributed by atoms with Crippen molar-refractivity contribution >= 4 is 17.7 Å². The van der Waals surface area contributed by atoms with E-state index in [4.69, 9.17) is 29.8 Å². The van der Waals surface area contributed by atoms with Crippen LogP contribution in [-0.2, 0) is 27.3 Å². The zero-order valence-electron chi connectivity index (χ0n) is 18.0. The third-order valence-electron chi connectivity index (χ3n) is 6.58.